The smallest absolute Gasteiger partial charge is 0.165 e. The highest BCUT2D eigenvalue weighted by molar-refractivity contribution is 5.91. The van der Waals surface area contributed by atoms with Gasteiger partial charge in [-0.25, -0.2) is 4.39 Å². The van der Waals surface area contributed by atoms with Crippen LogP contribution in [0.4, 0.5) is 4.39 Å². The first-order valence-corrected chi connectivity index (χ1v) is 10.0. The predicted octanol–water partition coefficient (Wildman–Crippen LogP) is 2.92. The van der Waals surface area contributed by atoms with E-state index in [0.717, 1.165) is 11.1 Å². The molecule has 3 saturated carbocycles. The summed E-state index contributed by atoms with van der Waals surface area (Å²) in [6.45, 7) is 7.34. The molecule has 148 valence electrons. The van der Waals surface area contributed by atoms with Crippen LogP contribution in [0.15, 0.2) is 23.8 Å². The number of carbonyl (C=O) groups is 2. The molecule has 0 spiro atoms. The molecule has 0 heterocycles. The average Bonchev–Trinajstić information content (AvgIpc) is 2.86. The minimum absolute atomic E-state index is 0.0440. The number of ketones is 2. The quantitative estimate of drug-likeness (QED) is 0.727. The maximum atomic E-state index is 16.8. The molecule has 7 atom stereocenters. The second kappa shape index (κ2) is 5.84. The van der Waals surface area contributed by atoms with Crippen molar-refractivity contribution < 1.29 is 24.2 Å². The van der Waals surface area contributed by atoms with Gasteiger partial charge in [-0.15, -0.1) is 0 Å². The molecule has 4 nitrogen and oxygen atoms in total. The number of rotatable bonds is 2. The maximum Gasteiger partial charge on any atom is 0.165 e. The third-order valence-corrected chi connectivity index (χ3v) is 8.50. The summed E-state index contributed by atoms with van der Waals surface area (Å²) in [4.78, 5) is 24.3. The van der Waals surface area contributed by atoms with E-state index in [-0.39, 0.29) is 29.8 Å². The highest BCUT2D eigenvalue weighted by Crippen LogP contribution is 2.70. The van der Waals surface area contributed by atoms with Crippen LogP contribution < -0.4 is 0 Å². The van der Waals surface area contributed by atoms with E-state index in [1.165, 1.54) is 0 Å². The number of alkyl halides is 1. The molecule has 27 heavy (non-hydrogen) atoms. The minimum atomic E-state index is -1.81. The van der Waals surface area contributed by atoms with Crippen molar-refractivity contribution in [2.75, 3.05) is 6.61 Å². The molecule has 0 aromatic rings. The molecule has 1 unspecified atom stereocenters. The van der Waals surface area contributed by atoms with Crippen LogP contribution >= 0.6 is 0 Å². The number of aliphatic hydroxyl groups is 2. The van der Waals surface area contributed by atoms with Gasteiger partial charge in [0.2, 0.25) is 0 Å². The molecule has 0 saturated heterocycles. The Morgan fingerprint density at radius 2 is 2.04 bits per heavy atom. The lowest BCUT2D eigenvalue weighted by Crippen LogP contribution is -2.67. The second-order valence-electron chi connectivity index (χ2n) is 9.63. The van der Waals surface area contributed by atoms with Crippen molar-refractivity contribution in [3.63, 3.8) is 0 Å². The maximum absolute atomic E-state index is 16.8. The summed E-state index contributed by atoms with van der Waals surface area (Å²) in [7, 11) is 0. The van der Waals surface area contributed by atoms with Crippen molar-refractivity contribution in [3.05, 3.63) is 23.8 Å². The van der Waals surface area contributed by atoms with Gasteiger partial charge in [-0.05, 0) is 49.5 Å². The molecule has 0 aromatic heterocycles. The van der Waals surface area contributed by atoms with Crippen molar-refractivity contribution in [3.8, 4) is 0 Å². The number of Topliss-reactive ketones (excluding diaryl/α,β-unsaturated/α-hetero) is 1. The van der Waals surface area contributed by atoms with Gasteiger partial charge in [-0.3, -0.25) is 9.59 Å². The Bertz CT molecular complexity index is 757. The number of carbonyl (C=O) groups excluding carboxylic acids is 2. The zero-order valence-electron chi connectivity index (χ0n) is 16.1. The third kappa shape index (κ3) is 2.21. The van der Waals surface area contributed by atoms with Crippen LogP contribution in [-0.2, 0) is 9.59 Å². The predicted molar refractivity (Wildman–Crippen MR) is 98.6 cm³/mol. The second-order valence-corrected chi connectivity index (χ2v) is 9.63. The monoisotopic (exact) mass is 376 g/mol. The van der Waals surface area contributed by atoms with E-state index in [9.17, 15) is 19.8 Å². The van der Waals surface area contributed by atoms with Crippen LogP contribution in [0.2, 0.25) is 0 Å². The van der Waals surface area contributed by atoms with Gasteiger partial charge in [0.1, 0.15) is 12.3 Å². The largest absolute Gasteiger partial charge is 0.390 e. The highest BCUT2D eigenvalue weighted by Gasteiger charge is 2.71. The summed E-state index contributed by atoms with van der Waals surface area (Å²) in [5.74, 6) is -1.23. The van der Waals surface area contributed by atoms with E-state index in [4.69, 9.17) is 0 Å². The Balaban J connectivity index is 1.80. The Hall–Kier alpha value is -1.33. The van der Waals surface area contributed by atoms with Crippen LogP contribution in [0.3, 0.4) is 0 Å². The summed E-state index contributed by atoms with van der Waals surface area (Å²) in [6.07, 6.45) is 3.09. The van der Waals surface area contributed by atoms with E-state index in [0.29, 0.717) is 32.1 Å². The Kier molecular flexibility index (Phi) is 4.11. The lowest BCUT2D eigenvalue weighted by atomic mass is 9.44. The van der Waals surface area contributed by atoms with Gasteiger partial charge in [0.05, 0.1) is 6.10 Å². The van der Waals surface area contributed by atoms with Crippen molar-refractivity contribution in [1.82, 2.24) is 0 Å². The molecule has 2 N–H and O–H groups in total. The van der Waals surface area contributed by atoms with Gasteiger partial charge in [0.15, 0.2) is 11.6 Å². The van der Waals surface area contributed by atoms with Gasteiger partial charge in [0.25, 0.3) is 0 Å². The van der Waals surface area contributed by atoms with E-state index in [1.54, 1.807) is 6.08 Å². The van der Waals surface area contributed by atoms with Crippen molar-refractivity contribution in [1.29, 1.82) is 0 Å². The zero-order chi connectivity index (χ0) is 19.8. The van der Waals surface area contributed by atoms with Crippen molar-refractivity contribution in [2.24, 2.45) is 28.6 Å². The van der Waals surface area contributed by atoms with Crippen LogP contribution in [0.25, 0.3) is 0 Å². The Morgan fingerprint density at radius 3 is 2.70 bits per heavy atom. The van der Waals surface area contributed by atoms with Gasteiger partial charge in [0, 0.05) is 23.7 Å². The van der Waals surface area contributed by atoms with E-state index in [2.05, 4.69) is 6.58 Å². The number of hydrogen-bond acceptors (Lipinski definition) is 4. The number of halogens is 1. The summed E-state index contributed by atoms with van der Waals surface area (Å²) in [5, 5.41) is 20.5. The average molecular weight is 376 g/mol. The fourth-order valence-electron chi connectivity index (χ4n) is 7.22. The molecule has 3 fully saturated rings. The molecule has 0 bridgehead atoms. The number of allylic oxidation sites excluding steroid dienone is 2. The number of fused-ring (bicyclic) bond motifs is 5. The third-order valence-electron chi connectivity index (χ3n) is 8.50. The van der Waals surface area contributed by atoms with E-state index < -0.39 is 35.1 Å². The first kappa shape index (κ1) is 19.0. The summed E-state index contributed by atoms with van der Waals surface area (Å²) in [6, 6.07) is 0. The van der Waals surface area contributed by atoms with Gasteiger partial charge in [-0.1, -0.05) is 31.6 Å². The molecule has 0 aromatic carbocycles. The molecule has 0 aliphatic heterocycles. The van der Waals surface area contributed by atoms with Gasteiger partial charge >= 0.3 is 0 Å². The van der Waals surface area contributed by atoms with Gasteiger partial charge in [-0.2, -0.15) is 0 Å². The zero-order valence-corrected chi connectivity index (χ0v) is 16.1. The lowest BCUT2D eigenvalue weighted by molar-refractivity contribution is -0.208. The molecular formula is C22H29FO4. The van der Waals surface area contributed by atoms with E-state index in [1.807, 2.05) is 13.8 Å². The topological polar surface area (TPSA) is 74.6 Å². The minimum Gasteiger partial charge on any atom is -0.390 e. The molecule has 4 aliphatic rings. The SMILES string of the molecule is C=C1C[C@H]2[C@@H]3CCC4=CC(=O)CC[C@]4(C)[C@@]3(F)C(O)C[C@]2(C)[C@H]1C(=O)CO. The molecule has 0 amide bonds. The lowest BCUT2D eigenvalue weighted by Gasteiger charge is -2.62. The fraction of sp³-hybridized carbons (Fsp3) is 0.727. The molecule has 4 rings (SSSR count). The molecule has 4 aliphatic carbocycles. The van der Waals surface area contributed by atoms with Crippen LogP contribution in [0.5, 0.6) is 0 Å². The first-order chi connectivity index (χ1) is 12.6. The summed E-state index contributed by atoms with van der Waals surface area (Å²) in [5.41, 5.74) is -1.65. The Labute approximate surface area is 159 Å². The van der Waals surface area contributed by atoms with E-state index >= 15 is 4.39 Å². The van der Waals surface area contributed by atoms with Gasteiger partial charge < -0.3 is 10.2 Å². The number of aliphatic hydroxyl groups excluding tert-OH is 2. The van der Waals surface area contributed by atoms with Crippen molar-refractivity contribution in [2.45, 2.75) is 64.1 Å². The Morgan fingerprint density at radius 1 is 1.33 bits per heavy atom. The number of hydrogen-bond donors (Lipinski definition) is 2. The highest BCUT2D eigenvalue weighted by atomic mass is 19.1. The first-order valence-electron chi connectivity index (χ1n) is 10.0. The van der Waals surface area contributed by atoms with Crippen LogP contribution in [0, 0.1) is 28.6 Å². The molecular weight excluding hydrogens is 347 g/mol. The summed E-state index contributed by atoms with van der Waals surface area (Å²) < 4.78 is 16.8. The normalized spacial score (nSPS) is 49.1. The van der Waals surface area contributed by atoms with Crippen LogP contribution in [0.1, 0.15) is 52.4 Å². The fourth-order valence-corrected chi connectivity index (χ4v) is 7.22. The summed E-state index contributed by atoms with van der Waals surface area (Å²) >= 11 is 0. The van der Waals surface area contributed by atoms with Crippen LogP contribution in [-0.4, -0.2) is 40.2 Å². The molecule has 0 radical (unpaired) electrons. The molecule has 5 heteroatoms. The standard InChI is InChI=1S/C22H29FO4/c1-12-8-16-15-5-4-13-9-14(25)6-7-21(13,3)22(15,23)18(27)10-20(16,2)19(12)17(26)11-24/h9,15-16,18-19,24,27H,1,4-8,10-11H2,2-3H3/t15-,16-,18?,19+,20-,21-,22-/m0/s1. The van der Waals surface area contributed by atoms with Crippen molar-refractivity contribution >= 4 is 11.6 Å².